The Balaban J connectivity index is 2.15. The monoisotopic (exact) mass is 253 g/mol. The summed E-state index contributed by atoms with van der Waals surface area (Å²) >= 11 is 0. The number of nitrogens with one attached hydrogen (secondary N) is 1. The lowest BCUT2D eigenvalue weighted by atomic mass is 10.1. The van der Waals surface area contributed by atoms with Crippen molar-refractivity contribution < 1.29 is 8.95 Å². The summed E-state index contributed by atoms with van der Waals surface area (Å²) in [4.78, 5) is 0.895. The van der Waals surface area contributed by atoms with Gasteiger partial charge in [-0.05, 0) is 32.5 Å². The molecule has 94 valence electrons. The summed E-state index contributed by atoms with van der Waals surface area (Å²) in [6.45, 7) is 3.37. The smallest absolute Gasteiger partial charge is 0.0781 e. The van der Waals surface area contributed by atoms with Gasteiger partial charge in [0, 0.05) is 17.5 Å². The Morgan fingerprint density at radius 1 is 1.35 bits per heavy atom. The highest BCUT2D eigenvalue weighted by Gasteiger charge is 2.30. The van der Waals surface area contributed by atoms with E-state index in [0.717, 1.165) is 17.9 Å². The molecule has 0 amide bonds. The van der Waals surface area contributed by atoms with Gasteiger partial charge in [-0.1, -0.05) is 17.7 Å². The highest BCUT2D eigenvalue weighted by molar-refractivity contribution is 7.85. The van der Waals surface area contributed by atoms with Gasteiger partial charge >= 0.3 is 0 Å². The van der Waals surface area contributed by atoms with E-state index >= 15 is 0 Å². The van der Waals surface area contributed by atoms with Gasteiger partial charge in [0.05, 0.1) is 22.7 Å². The largest absolute Gasteiger partial charge is 0.380 e. The summed E-state index contributed by atoms with van der Waals surface area (Å²) in [6, 6.07) is 8.20. The predicted molar refractivity (Wildman–Crippen MR) is 69.7 cm³/mol. The standard InChI is InChI=1S/C13H19NO2S/c1-10-3-5-11(6-4-10)17(15)13-9-16-8-7-12(13)14-2/h3-6,12-14H,7-9H2,1-2H3. The quantitative estimate of drug-likeness (QED) is 0.887. The topological polar surface area (TPSA) is 38.3 Å². The molecular weight excluding hydrogens is 234 g/mol. The molecule has 1 aromatic rings. The second kappa shape index (κ2) is 5.76. The molecule has 0 spiro atoms. The molecule has 3 atom stereocenters. The SMILES string of the molecule is CNC1CCOCC1S(=O)c1ccc(C)cc1. The maximum absolute atomic E-state index is 12.5. The molecule has 1 aliphatic rings. The Labute approximate surface area is 105 Å². The molecule has 17 heavy (non-hydrogen) atoms. The van der Waals surface area contributed by atoms with Crippen LogP contribution in [0.5, 0.6) is 0 Å². The summed E-state index contributed by atoms with van der Waals surface area (Å²) in [5, 5.41) is 3.30. The molecule has 3 nitrogen and oxygen atoms in total. The van der Waals surface area contributed by atoms with Gasteiger partial charge < -0.3 is 10.1 Å². The van der Waals surface area contributed by atoms with E-state index < -0.39 is 10.8 Å². The fraction of sp³-hybridized carbons (Fsp3) is 0.538. The van der Waals surface area contributed by atoms with E-state index in [2.05, 4.69) is 5.32 Å². The van der Waals surface area contributed by atoms with Crippen LogP contribution in [-0.2, 0) is 15.5 Å². The third kappa shape index (κ3) is 2.94. The highest BCUT2D eigenvalue weighted by Crippen LogP contribution is 2.19. The number of ether oxygens (including phenoxy) is 1. The van der Waals surface area contributed by atoms with Crippen molar-refractivity contribution in [2.45, 2.75) is 29.5 Å². The van der Waals surface area contributed by atoms with Crippen molar-refractivity contribution >= 4 is 10.8 Å². The van der Waals surface area contributed by atoms with Crippen LogP contribution < -0.4 is 5.32 Å². The Bertz CT molecular complexity index is 391. The number of rotatable bonds is 3. The lowest BCUT2D eigenvalue weighted by molar-refractivity contribution is 0.0838. The Hall–Kier alpha value is -0.710. The van der Waals surface area contributed by atoms with Gasteiger partial charge in [-0.2, -0.15) is 0 Å². The molecule has 1 heterocycles. The fourth-order valence-electron chi connectivity index (χ4n) is 2.10. The minimum Gasteiger partial charge on any atom is -0.380 e. The summed E-state index contributed by atoms with van der Waals surface area (Å²) in [7, 11) is 0.930. The molecular formula is C13H19NO2S. The van der Waals surface area contributed by atoms with Crippen LogP contribution in [0.15, 0.2) is 29.2 Å². The molecule has 0 radical (unpaired) electrons. The molecule has 0 saturated carbocycles. The van der Waals surface area contributed by atoms with Gasteiger partial charge in [-0.3, -0.25) is 4.21 Å². The Morgan fingerprint density at radius 3 is 2.71 bits per heavy atom. The number of aryl methyl sites for hydroxylation is 1. The first-order valence-electron chi connectivity index (χ1n) is 5.94. The molecule has 3 unspecified atom stereocenters. The van der Waals surface area contributed by atoms with E-state index in [-0.39, 0.29) is 11.3 Å². The van der Waals surface area contributed by atoms with E-state index in [1.807, 2.05) is 38.2 Å². The first-order chi connectivity index (χ1) is 8.22. The van der Waals surface area contributed by atoms with E-state index in [4.69, 9.17) is 4.74 Å². The lowest BCUT2D eigenvalue weighted by Crippen LogP contribution is -2.47. The van der Waals surface area contributed by atoms with Crippen LogP contribution in [0.1, 0.15) is 12.0 Å². The third-order valence-electron chi connectivity index (χ3n) is 3.20. The number of hydrogen-bond acceptors (Lipinski definition) is 3. The molecule has 0 aromatic heterocycles. The van der Waals surface area contributed by atoms with Gasteiger partial charge in [0.15, 0.2) is 0 Å². The maximum Gasteiger partial charge on any atom is 0.0781 e. The Kier molecular flexibility index (Phi) is 4.31. The number of hydrogen-bond donors (Lipinski definition) is 1. The molecule has 1 N–H and O–H groups in total. The zero-order valence-electron chi connectivity index (χ0n) is 10.3. The van der Waals surface area contributed by atoms with E-state index in [0.29, 0.717) is 6.61 Å². The average molecular weight is 253 g/mol. The molecule has 0 aliphatic carbocycles. The second-order valence-electron chi connectivity index (χ2n) is 4.41. The van der Waals surface area contributed by atoms with Crippen molar-refractivity contribution in [1.82, 2.24) is 5.32 Å². The van der Waals surface area contributed by atoms with Gasteiger partial charge in [0.2, 0.25) is 0 Å². The third-order valence-corrected chi connectivity index (χ3v) is 4.95. The van der Waals surface area contributed by atoms with Crippen LogP contribution in [0.4, 0.5) is 0 Å². The minimum atomic E-state index is -0.996. The normalized spacial score (nSPS) is 26.7. The summed E-state index contributed by atoms with van der Waals surface area (Å²) < 4.78 is 17.9. The second-order valence-corrected chi connectivity index (χ2v) is 6.08. The first kappa shape index (κ1) is 12.7. The lowest BCUT2D eigenvalue weighted by Gasteiger charge is -2.30. The van der Waals surface area contributed by atoms with E-state index in [9.17, 15) is 4.21 Å². The van der Waals surface area contributed by atoms with Crippen molar-refractivity contribution in [2.75, 3.05) is 20.3 Å². The highest BCUT2D eigenvalue weighted by atomic mass is 32.2. The zero-order valence-corrected chi connectivity index (χ0v) is 11.1. The van der Waals surface area contributed by atoms with Crippen LogP contribution in [0.3, 0.4) is 0 Å². The Morgan fingerprint density at radius 2 is 2.06 bits per heavy atom. The molecule has 0 bridgehead atoms. The predicted octanol–water partition coefficient (Wildman–Crippen LogP) is 1.48. The van der Waals surface area contributed by atoms with Crippen molar-refractivity contribution in [1.29, 1.82) is 0 Å². The van der Waals surface area contributed by atoms with Crippen molar-refractivity contribution in [2.24, 2.45) is 0 Å². The van der Waals surface area contributed by atoms with E-state index in [1.54, 1.807) is 0 Å². The minimum absolute atomic E-state index is 0.0523. The summed E-state index contributed by atoms with van der Waals surface area (Å²) in [5.74, 6) is 0. The molecule has 1 fully saturated rings. The first-order valence-corrected chi connectivity index (χ1v) is 7.16. The molecule has 2 rings (SSSR count). The fourth-order valence-corrected chi connectivity index (χ4v) is 3.64. The van der Waals surface area contributed by atoms with Crippen LogP contribution in [0, 0.1) is 6.92 Å². The van der Waals surface area contributed by atoms with Gasteiger partial charge in [0.25, 0.3) is 0 Å². The molecule has 4 heteroatoms. The molecule has 1 aliphatic heterocycles. The summed E-state index contributed by atoms with van der Waals surface area (Å²) in [6.07, 6.45) is 0.929. The van der Waals surface area contributed by atoms with Gasteiger partial charge in [0.1, 0.15) is 0 Å². The molecule has 1 aromatic carbocycles. The van der Waals surface area contributed by atoms with Crippen LogP contribution in [-0.4, -0.2) is 35.8 Å². The van der Waals surface area contributed by atoms with Crippen molar-refractivity contribution in [3.63, 3.8) is 0 Å². The van der Waals surface area contributed by atoms with Gasteiger partial charge in [-0.25, -0.2) is 0 Å². The van der Waals surface area contributed by atoms with Crippen LogP contribution in [0.25, 0.3) is 0 Å². The van der Waals surface area contributed by atoms with Gasteiger partial charge in [-0.15, -0.1) is 0 Å². The molecule has 1 saturated heterocycles. The summed E-state index contributed by atoms with van der Waals surface area (Å²) in [5.41, 5.74) is 1.19. The zero-order chi connectivity index (χ0) is 12.3. The van der Waals surface area contributed by atoms with Crippen LogP contribution in [0.2, 0.25) is 0 Å². The van der Waals surface area contributed by atoms with Crippen molar-refractivity contribution in [3.05, 3.63) is 29.8 Å². The van der Waals surface area contributed by atoms with Crippen LogP contribution >= 0.6 is 0 Å². The number of benzene rings is 1. The van der Waals surface area contributed by atoms with Crippen molar-refractivity contribution in [3.8, 4) is 0 Å². The van der Waals surface area contributed by atoms with E-state index in [1.165, 1.54) is 5.56 Å². The average Bonchev–Trinajstić information content (AvgIpc) is 2.39. The maximum atomic E-state index is 12.5.